The Morgan fingerprint density at radius 1 is 1.40 bits per heavy atom. The number of aryl methyl sites for hydroxylation is 1. The van der Waals surface area contributed by atoms with Gasteiger partial charge in [-0.05, 0) is 24.3 Å². The van der Waals surface area contributed by atoms with E-state index in [4.69, 9.17) is 9.84 Å². The minimum absolute atomic E-state index is 0.257. The van der Waals surface area contributed by atoms with Crippen LogP contribution in [0.1, 0.15) is 15.9 Å². The molecule has 0 fully saturated rings. The molecule has 20 heavy (non-hydrogen) atoms. The van der Waals surface area contributed by atoms with Crippen molar-refractivity contribution in [2.75, 3.05) is 13.2 Å². The summed E-state index contributed by atoms with van der Waals surface area (Å²) in [4.78, 5) is 10.7. The summed E-state index contributed by atoms with van der Waals surface area (Å²) in [7, 11) is 1.88. The summed E-state index contributed by atoms with van der Waals surface area (Å²) in [5.74, 6) is -0.270. The third-order valence-corrected chi connectivity index (χ3v) is 2.74. The van der Waals surface area contributed by atoms with E-state index in [0.29, 0.717) is 18.9 Å². The van der Waals surface area contributed by atoms with Gasteiger partial charge >= 0.3 is 5.97 Å². The Morgan fingerprint density at radius 3 is 2.75 bits per heavy atom. The van der Waals surface area contributed by atoms with Gasteiger partial charge < -0.3 is 15.2 Å². The van der Waals surface area contributed by atoms with E-state index in [1.807, 2.05) is 19.4 Å². The second-order valence-electron chi connectivity index (χ2n) is 4.38. The average Bonchev–Trinajstić information content (AvgIpc) is 2.84. The number of hydrogen-bond donors (Lipinski definition) is 2. The molecule has 1 heterocycles. The minimum atomic E-state index is -0.935. The molecular weight excluding hydrogens is 258 g/mol. The number of hydrogen-bond acceptors (Lipinski definition) is 4. The quantitative estimate of drug-likeness (QED) is 0.745. The van der Waals surface area contributed by atoms with Crippen LogP contribution in [0.25, 0.3) is 0 Å². The number of ether oxygens (including phenoxy) is 1. The molecule has 6 heteroatoms. The summed E-state index contributed by atoms with van der Waals surface area (Å²) >= 11 is 0. The Morgan fingerprint density at radius 2 is 2.15 bits per heavy atom. The number of benzene rings is 1. The van der Waals surface area contributed by atoms with Gasteiger partial charge in [0, 0.05) is 31.9 Å². The third kappa shape index (κ3) is 4.10. The van der Waals surface area contributed by atoms with Crippen LogP contribution in [0.4, 0.5) is 0 Å². The zero-order valence-corrected chi connectivity index (χ0v) is 11.2. The number of rotatable bonds is 7. The first-order valence-electron chi connectivity index (χ1n) is 6.29. The van der Waals surface area contributed by atoms with Gasteiger partial charge in [0.05, 0.1) is 11.8 Å². The maximum absolute atomic E-state index is 10.7. The van der Waals surface area contributed by atoms with Crippen molar-refractivity contribution in [3.63, 3.8) is 0 Å². The summed E-state index contributed by atoms with van der Waals surface area (Å²) in [6.45, 7) is 1.97. The molecule has 0 atom stereocenters. The normalized spacial score (nSPS) is 10.4. The molecule has 0 spiro atoms. The Bertz CT molecular complexity index is 563. The summed E-state index contributed by atoms with van der Waals surface area (Å²) in [6.07, 6.45) is 3.77. The molecule has 0 amide bonds. The van der Waals surface area contributed by atoms with E-state index in [1.165, 1.54) is 12.1 Å². The highest BCUT2D eigenvalue weighted by atomic mass is 16.5. The van der Waals surface area contributed by atoms with E-state index in [9.17, 15) is 4.79 Å². The van der Waals surface area contributed by atoms with Crippen LogP contribution in [0.15, 0.2) is 36.7 Å². The van der Waals surface area contributed by atoms with Crippen molar-refractivity contribution in [2.24, 2.45) is 7.05 Å². The zero-order chi connectivity index (χ0) is 14.4. The smallest absolute Gasteiger partial charge is 0.335 e. The number of aromatic nitrogens is 2. The molecule has 0 bridgehead atoms. The van der Waals surface area contributed by atoms with Crippen LogP contribution in [-0.2, 0) is 13.6 Å². The van der Waals surface area contributed by atoms with Gasteiger partial charge in [0.1, 0.15) is 12.4 Å². The fourth-order valence-corrected chi connectivity index (χ4v) is 1.73. The van der Waals surface area contributed by atoms with Crippen LogP contribution >= 0.6 is 0 Å². The lowest BCUT2D eigenvalue weighted by Gasteiger charge is -2.07. The van der Waals surface area contributed by atoms with Crippen molar-refractivity contribution < 1.29 is 14.6 Å². The molecule has 2 aromatic rings. The van der Waals surface area contributed by atoms with Gasteiger partial charge in [-0.25, -0.2) is 4.79 Å². The van der Waals surface area contributed by atoms with Crippen molar-refractivity contribution >= 4 is 5.97 Å². The van der Waals surface area contributed by atoms with Gasteiger partial charge in [0.25, 0.3) is 0 Å². The van der Waals surface area contributed by atoms with E-state index in [2.05, 4.69) is 10.4 Å². The fraction of sp³-hybridized carbons (Fsp3) is 0.286. The predicted molar refractivity (Wildman–Crippen MR) is 73.8 cm³/mol. The predicted octanol–water partition coefficient (Wildman–Crippen LogP) is 1.29. The molecule has 0 aliphatic carbocycles. The molecule has 0 radical (unpaired) electrons. The van der Waals surface area contributed by atoms with Gasteiger partial charge in [-0.2, -0.15) is 5.10 Å². The molecule has 1 aromatic carbocycles. The molecule has 0 saturated carbocycles. The highest BCUT2D eigenvalue weighted by Crippen LogP contribution is 2.11. The van der Waals surface area contributed by atoms with E-state index >= 15 is 0 Å². The van der Waals surface area contributed by atoms with Crippen LogP contribution in [0, 0.1) is 0 Å². The lowest BCUT2D eigenvalue weighted by molar-refractivity contribution is 0.0697. The Labute approximate surface area is 117 Å². The molecule has 1 aromatic heterocycles. The number of nitrogens with one attached hydrogen (secondary N) is 1. The van der Waals surface area contributed by atoms with Gasteiger partial charge in [-0.1, -0.05) is 0 Å². The van der Waals surface area contributed by atoms with Gasteiger partial charge in [0.15, 0.2) is 0 Å². The monoisotopic (exact) mass is 275 g/mol. The third-order valence-electron chi connectivity index (χ3n) is 2.74. The molecular formula is C14H17N3O3. The fourth-order valence-electron chi connectivity index (χ4n) is 1.73. The summed E-state index contributed by atoms with van der Waals surface area (Å²) < 4.78 is 7.27. The van der Waals surface area contributed by atoms with Crippen LogP contribution in [0.2, 0.25) is 0 Å². The summed E-state index contributed by atoms with van der Waals surface area (Å²) in [5, 5.41) is 16.1. The largest absolute Gasteiger partial charge is 0.492 e. The van der Waals surface area contributed by atoms with E-state index in [0.717, 1.165) is 12.1 Å². The van der Waals surface area contributed by atoms with Crippen LogP contribution in [0.5, 0.6) is 5.75 Å². The van der Waals surface area contributed by atoms with Gasteiger partial charge in [-0.3, -0.25) is 4.68 Å². The van der Waals surface area contributed by atoms with Crippen LogP contribution in [0.3, 0.4) is 0 Å². The van der Waals surface area contributed by atoms with Crippen molar-refractivity contribution in [3.05, 3.63) is 47.8 Å². The average molecular weight is 275 g/mol. The minimum Gasteiger partial charge on any atom is -0.492 e. The van der Waals surface area contributed by atoms with Crippen molar-refractivity contribution in [1.29, 1.82) is 0 Å². The van der Waals surface area contributed by atoms with E-state index in [1.54, 1.807) is 16.8 Å². The SMILES string of the molecule is Cn1cc(CNCCOc2ccc(C(=O)O)cc2)cn1. The van der Waals surface area contributed by atoms with Crippen molar-refractivity contribution in [3.8, 4) is 5.75 Å². The van der Waals surface area contributed by atoms with E-state index in [-0.39, 0.29) is 5.56 Å². The lowest BCUT2D eigenvalue weighted by atomic mass is 10.2. The Balaban J connectivity index is 1.66. The first-order valence-corrected chi connectivity index (χ1v) is 6.29. The van der Waals surface area contributed by atoms with Crippen molar-refractivity contribution in [1.82, 2.24) is 15.1 Å². The maximum Gasteiger partial charge on any atom is 0.335 e. The van der Waals surface area contributed by atoms with E-state index < -0.39 is 5.97 Å². The standard InChI is InChI=1S/C14H17N3O3/c1-17-10-11(9-16-17)8-15-6-7-20-13-4-2-12(3-5-13)14(18)19/h2-5,9-10,15H,6-8H2,1H3,(H,18,19). The second-order valence-corrected chi connectivity index (χ2v) is 4.38. The molecule has 106 valence electrons. The number of nitrogens with zero attached hydrogens (tertiary/aromatic N) is 2. The second kappa shape index (κ2) is 6.72. The lowest BCUT2D eigenvalue weighted by Crippen LogP contribution is -2.20. The molecule has 2 rings (SSSR count). The highest BCUT2D eigenvalue weighted by molar-refractivity contribution is 5.87. The number of carbonyl (C=O) groups is 1. The Kier molecular flexibility index (Phi) is 4.73. The molecule has 6 nitrogen and oxygen atoms in total. The molecule has 2 N–H and O–H groups in total. The van der Waals surface area contributed by atoms with Crippen molar-refractivity contribution in [2.45, 2.75) is 6.54 Å². The molecule has 0 unspecified atom stereocenters. The zero-order valence-electron chi connectivity index (χ0n) is 11.2. The Hall–Kier alpha value is -2.34. The topological polar surface area (TPSA) is 76.4 Å². The molecule has 0 saturated heterocycles. The molecule has 0 aliphatic heterocycles. The number of carboxylic acids is 1. The summed E-state index contributed by atoms with van der Waals surface area (Å²) in [5.41, 5.74) is 1.38. The first-order chi connectivity index (χ1) is 9.65. The first kappa shape index (κ1) is 14.1. The van der Waals surface area contributed by atoms with Crippen LogP contribution < -0.4 is 10.1 Å². The van der Waals surface area contributed by atoms with Gasteiger partial charge in [-0.15, -0.1) is 0 Å². The maximum atomic E-state index is 10.7. The molecule has 0 aliphatic rings. The van der Waals surface area contributed by atoms with Gasteiger partial charge in [0.2, 0.25) is 0 Å². The highest BCUT2D eigenvalue weighted by Gasteiger charge is 2.02. The number of aromatic carboxylic acids is 1. The number of carboxylic acid groups (broad SMARTS) is 1. The summed E-state index contributed by atoms with van der Waals surface area (Å²) in [6, 6.07) is 6.37. The van der Waals surface area contributed by atoms with Crippen LogP contribution in [-0.4, -0.2) is 34.0 Å².